The Morgan fingerprint density at radius 1 is 1.00 bits per heavy atom. The number of ether oxygens (including phenoxy) is 2. The van der Waals surface area contributed by atoms with Gasteiger partial charge >= 0.3 is 6.36 Å². The van der Waals surface area contributed by atoms with Crippen molar-refractivity contribution in [1.82, 2.24) is 0 Å². The molecule has 2 aromatic carbocycles. The number of halogens is 3. The second kappa shape index (κ2) is 6.70. The number of benzene rings is 2. The maximum Gasteiger partial charge on any atom is 0.573 e. The van der Waals surface area contributed by atoms with E-state index in [9.17, 15) is 13.2 Å². The smallest absolute Gasteiger partial charge is 0.488 e. The maximum atomic E-state index is 12.4. The summed E-state index contributed by atoms with van der Waals surface area (Å²) in [6.07, 6.45) is -4.77. The van der Waals surface area contributed by atoms with Gasteiger partial charge in [0, 0.05) is 6.54 Å². The monoisotopic (exact) mass is 311 g/mol. The van der Waals surface area contributed by atoms with Gasteiger partial charge in [-0.25, -0.2) is 0 Å². The average molecular weight is 311 g/mol. The lowest BCUT2D eigenvalue weighted by Crippen LogP contribution is -2.18. The molecule has 0 saturated carbocycles. The number of hydrogen-bond donors (Lipinski definition) is 1. The highest BCUT2D eigenvalue weighted by atomic mass is 19.4. The fraction of sp³-hybridized carbons (Fsp3) is 0.250. The van der Waals surface area contributed by atoms with E-state index in [-0.39, 0.29) is 24.7 Å². The fourth-order valence-corrected chi connectivity index (χ4v) is 2.00. The van der Waals surface area contributed by atoms with E-state index in [1.807, 2.05) is 31.2 Å². The summed E-state index contributed by atoms with van der Waals surface area (Å²) in [6.45, 7) is 2.24. The highest BCUT2D eigenvalue weighted by Gasteiger charge is 2.32. The number of aryl methyl sites for hydroxylation is 1. The number of alkyl halides is 3. The van der Waals surface area contributed by atoms with E-state index in [0.29, 0.717) is 0 Å². The molecule has 3 nitrogen and oxygen atoms in total. The molecule has 2 rings (SSSR count). The topological polar surface area (TPSA) is 44.5 Å². The molecule has 2 aromatic rings. The largest absolute Gasteiger partial charge is 0.573 e. The Morgan fingerprint density at radius 3 is 2.36 bits per heavy atom. The van der Waals surface area contributed by atoms with Crippen LogP contribution in [0.5, 0.6) is 11.5 Å². The summed E-state index contributed by atoms with van der Waals surface area (Å²) < 4.78 is 46.5. The molecule has 0 saturated heterocycles. The molecule has 0 amide bonds. The summed E-state index contributed by atoms with van der Waals surface area (Å²) in [6, 6.07) is 12.0. The molecule has 0 aliphatic rings. The van der Waals surface area contributed by atoms with Crippen LogP contribution in [0.3, 0.4) is 0 Å². The number of rotatable bonds is 5. The maximum absolute atomic E-state index is 12.4. The van der Waals surface area contributed by atoms with Gasteiger partial charge in [0.15, 0.2) is 11.5 Å². The van der Waals surface area contributed by atoms with E-state index in [1.54, 1.807) is 6.07 Å². The van der Waals surface area contributed by atoms with Gasteiger partial charge in [-0.05, 0) is 30.2 Å². The molecule has 118 valence electrons. The van der Waals surface area contributed by atoms with Crippen LogP contribution in [0.4, 0.5) is 13.2 Å². The Hall–Kier alpha value is -2.21. The molecule has 0 unspecified atom stereocenters. The summed E-state index contributed by atoms with van der Waals surface area (Å²) in [5, 5.41) is 0. The van der Waals surface area contributed by atoms with Crippen molar-refractivity contribution in [3.63, 3.8) is 0 Å². The molecule has 0 aliphatic carbocycles. The highest BCUT2D eigenvalue weighted by Crippen LogP contribution is 2.36. The van der Waals surface area contributed by atoms with Gasteiger partial charge in [0.25, 0.3) is 0 Å². The van der Waals surface area contributed by atoms with E-state index < -0.39 is 6.36 Å². The first-order chi connectivity index (χ1) is 10.4. The normalized spacial score (nSPS) is 11.3. The minimum absolute atomic E-state index is 0.0155. The SMILES string of the molecule is Cc1cccc(-c2ccc(OC(F)(F)F)c(OCCN)c2)c1. The predicted molar refractivity (Wildman–Crippen MR) is 77.8 cm³/mol. The van der Waals surface area contributed by atoms with Gasteiger partial charge in [0.05, 0.1) is 0 Å². The predicted octanol–water partition coefficient (Wildman–Crippen LogP) is 3.90. The van der Waals surface area contributed by atoms with E-state index in [2.05, 4.69) is 4.74 Å². The number of hydrogen-bond acceptors (Lipinski definition) is 3. The summed E-state index contributed by atoms with van der Waals surface area (Å²) in [4.78, 5) is 0. The Morgan fingerprint density at radius 2 is 1.73 bits per heavy atom. The first kappa shape index (κ1) is 16.2. The van der Waals surface area contributed by atoms with E-state index in [0.717, 1.165) is 16.7 Å². The van der Waals surface area contributed by atoms with Gasteiger partial charge in [0.1, 0.15) is 6.61 Å². The van der Waals surface area contributed by atoms with Crippen LogP contribution in [0.15, 0.2) is 42.5 Å². The van der Waals surface area contributed by atoms with Crippen molar-refractivity contribution >= 4 is 0 Å². The zero-order valence-corrected chi connectivity index (χ0v) is 12.0. The molecule has 22 heavy (non-hydrogen) atoms. The standard InChI is InChI=1S/C16H16F3NO2/c1-11-3-2-4-12(9-11)13-5-6-14(22-16(17,18)19)15(10-13)21-8-7-20/h2-6,9-10H,7-8,20H2,1H3. The molecule has 0 spiro atoms. The van der Waals surface area contributed by atoms with Crippen molar-refractivity contribution < 1.29 is 22.6 Å². The fourth-order valence-electron chi connectivity index (χ4n) is 2.00. The van der Waals surface area contributed by atoms with Crippen molar-refractivity contribution in [1.29, 1.82) is 0 Å². The van der Waals surface area contributed by atoms with Crippen LogP contribution in [-0.2, 0) is 0 Å². The number of nitrogens with two attached hydrogens (primary N) is 1. The first-order valence-electron chi connectivity index (χ1n) is 6.69. The van der Waals surface area contributed by atoms with Crippen LogP contribution in [0.1, 0.15) is 5.56 Å². The molecule has 0 heterocycles. The van der Waals surface area contributed by atoms with Crippen molar-refractivity contribution in [2.45, 2.75) is 13.3 Å². The summed E-state index contributed by atoms with van der Waals surface area (Å²) >= 11 is 0. The summed E-state index contributed by atoms with van der Waals surface area (Å²) in [7, 11) is 0. The Bertz CT molecular complexity index is 642. The van der Waals surface area contributed by atoms with Crippen LogP contribution in [0.2, 0.25) is 0 Å². The third kappa shape index (κ3) is 4.39. The Labute approximate surface area is 126 Å². The molecule has 0 radical (unpaired) electrons. The van der Waals surface area contributed by atoms with Gasteiger partial charge < -0.3 is 15.2 Å². The molecule has 0 aliphatic heterocycles. The highest BCUT2D eigenvalue weighted by molar-refractivity contribution is 5.67. The zero-order valence-electron chi connectivity index (χ0n) is 12.0. The van der Waals surface area contributed by atoms with Crippen LogP contribution in [-0.4, -0.2) is 19.5 Å². The van der Waals surface area contributed by atoms with Crippen LogP contribution in [0.25, 0.3) is 11.1 Å². The molecule has 0 fully saturated rings. The lowest BCUT2D eigenvalue weighted by atomic mass is 10.0. The van der Waals surface area contributed by atoms with Crippen molar-refractivity contribution in [2.24, 2.45) is 5.73 Å². The van der Waals surface area contributed by atoms with Gasteiger partial charge in [0.2, 0.25) is 0 Å². The molecular weight excluding hydrogens is 295 g/mol. The molecule has 0 atom stereocenters. The first-order valence-corrected chi connectivity index (χ1v) is 6.69. The summed E-state index contributed by atoms with van der Waals surface area (Å²) in [5.74, 6) is -0.362. The van der Waals surface area contributed by atoms with Gasteiger partial charge in [-0.15, -0.1) is 13.2 Å². The van der Waals surface area contributed by atoms with E-state index in [4.69, 9.17) is 10.5 Å². The van der Waals surface area contributed by atoms with Gasteiger partial charge in [-0.2, -0.15) is 0 Å². The third-order valence-electron chi connectivity index (χ3n) is 2.90. The van der Waals surface area contributed by atoms with Crippen molar-refractivity contribution in [3.8, 4) is 22.6 Å². The van der Waals surface area contributed by atoms with Gasteiger partial charge in [-0.1, -0.05) is 35.9 Å². The second-order valence-electron chi connectivity index (χ2n) is 4.72. The van der Waals surface area contributed by atoms with Crippen LogP contribution in [0, 0.1) is 6.92 Å². The molecule has 2 N–H and O–H groups in total. The lowest BCUT2D eigenvalue weighted by Gasteiger charge is -2.15. The Kier molecular flexibility index (Phi) is 4.92. The quantitative estimate of drug-likeness (QED) is 0.911. The van der Waals surface area contributed by atoms with Crippen LogP contribution < -0.4 is 15.2 Å². The van der Waals surface area contributed by atoms with Crippen LogP contribution >= 0.6 is 0 Å². The minimum Gasteiger partial charge on any atom is -0.488 e. The molecular formula is C16H16F3NO2. The average Bonchev–Trinajstić information content (AvgIpc) is 2.44. The molecule has 6 heteroatoms. The Balaban J connectivity index is 2.38. The lowest BCUT2D eigenvalue weighted by molar-refractivity contribution is -0.275. The molecule has 0 aromatic heterocycles. The van der Waals surface area contributed by atoms with Crippen molar-refractivity contribution in [3.05, 3.63) is 48.0 Å². The van der Waals surface area contributed by atoms with E-state index >= 15 is 0 Å². The van der Waals surface area contributed by atoms with Gasteiger partial charge in [-0.3, -0.25) is 0 Å². The zero-order chi connectivity index (χ0) is 16.2. The second-order valence-corrected chi connectivity index (χ2v) is 4.72. The van der Waals surface area contributed by atoms with E-state index in [1.165, 1.54) is 12.1 Å². The third-order valence-corrected chi connectivity index (χ3v) is 2.90. The summed E-state index contributed by atoms with van der Waals surface area (Å²) in [5.41, 5.74) is 8.01. The van der Waals surface area contributed by atoms with Crippen molar-refractivity contribution in [2.75, 3.05) is 13.2 Å². The minimum atomic E-state index is -4.77. The molecule has 0 bridgehead atoms.